The number of nitrogens with two attached hydrogens (primary N) is 1. The average Bonchev–Trinajstić information content (AvgIpc) is 2.55. The number of carbonyl (C=O) groups excluding carboxylic acids is 1. The van der Waals surface area contributed by atoms with E-state index in [4.69, 9.17) is 10.5 Å². The van der Waals surface area contributed by atoms with Gasteiger partial charge in [0.15, 0.2) is 0 Å². The van der Waals surface area contributed by atoms with E-state index in [0.29, 0.717) is 35.5 Å². The summed E-state index contributed by atoms with van der Waals surface area (Å²) >= 11 is 3.08. The Morgan fingerprint density at radius 2 is 1.96 bits per heavy atom. The minimum atomic E-state index is -4.52. The maximum atomic E-state index is 13.3. The van der Waals surface area contributed by atoms with Crippen LogP contribution in [-0.4, -0.2) is 28.2 Å². The first-order chi connectivity index (χ1) is 12.2. The van der Waals surface area contributed by atoms with Gasteiger partial charge in [-0.05, 0) is 37.8 Å². The highest BCUT2D eigenvalue weighted by molar-refractivity contribution is 9.10. The van der Waals surface area contributed by atoms with Gasteiger partial charge < -0.3 is 15.8 Å². The van der Waals surface area contributed by atoms with Crippen LogP contribution < -0.4 is 11.1 Å². The largest absolute Gasteiger partial charge is 0.446 e. The summed E-state index contributed by atoms with van der Waals surface area (Å²) in [6.07, 6.45) is -1.59. The SMILES string of the molecule is NC(=O)O[C@H]1CC[C@H](Nc2ncc3cc(Br)cc(C(F)(F)F)c3n2)CC1. The van der Waals surface area contributed by atoms with E-state index in [1.807, 2.05) is 0 Å². The first-order valence-corrected chi connectivity index (χ1v) is 8.78. The molecule has 1 aromatic heterocycles. The summed E-state index contributed by atoms with van der Waals surface area (Å²) < 4.78 is 45.1. The molecule has 6 nitrogen and oxygen atoms in total. The van der Waals surface area contributed by atoms with Crippen molar-refractivity contribution < 1.29 is 22.7 Å². The smallest absolute Gasteiger partial charge is 0.418 e. The van der Waals surface area contributed by atoms with Gasteiger partial charge in [-0.2, -0.15) is 13.2 Å². The van der Waals surface area contributed by atoms with Crippen molar-refractivity contribution in [1.29, 1.82) is 0 Å². The van der Waals surface area contributed by atoms with Gasteiger partial charge in [0.25, 0.3) is 0 Å². The highest BCUT2D eigenvalue weighted by atomic mass is 79.9. The van der Waals surface area contributed by atoms with Crippen LogP contribution in [0.5, 0.6) is 0 Å². The molecule has 1 aliphatic rings. The van der Waals surface area contributed by atoms with Crippen LogP contribution in [0.2, 0.25) is 0 Å². The van der Waals surface area contributed by atoms with E-state index in [9.17, 15) is 18.0 Å². The first kappa shape index (κ1) is 18.7. The van der Waals surface area contributed by atoms with Crippen molar-refractivity contribution in [1.82, 2.24) is 9.97 Å². The Bertz CT molecular complexity index is 823. The van der Waals surface area contributed by atoms with Gasteiger partial charge >= 0.3 is 12.3 Å². The zero-order chi connectivity index (χ0) is 18.9. The Morgan fingerprint density at radius 3 is 2.58 bits per heavy atom. The number of aromatic nitrogens is 2. The van der Waals surface area contributed by atoms with Gasteiger partial charge in [-0.15, -0.1) is 0 Å². The average molecular weight is 433 g/mol. The van der Waals surface area contributed by atoms with Crippen LogP contribution in [-0.2, 0) is 10.9 Å². The van der Waals surface area contributed by atoms with Gasteiger partial charge in [0.2, 0.25) is 5.95 Å². The van der Waals surface area contributed by atoms with Crippen LogP contribution in [0, 0.1) is 0 Å². The summed E-state index contributed by atoms with van der Waals surface area (Å²) in [5, 5.41) is 3.37. The predicted molar refractivity (Wildman–Crippen MR) is 92.6 cm³/mol. The summed E-state index contributed by atoms with van der Waals surface area (Å²) in [4.78, 5) is 19.0. The second-order valence-electron chi connectivity index (χ2n) is 6.14. The molecule has 2 aromatic rings. The molecule has 0 bridgehead atoms. The lowest BCUT2D eigenvalue weighted by molar-refractivity contribution is -0.136. The van der Waals surface area contributed by atoms with Gasteiger partial charge in [-0.1, -0.05) is 15.9 Å². The van der Waals surface area contributed by atoms with E-state index >= 15 is 0 Å². The third-order valence-corrected chi connectivity index (χ3v) is 4.70. The third-order valence-electron chi connectivity index (χ3n) is 4.24. The Balaban J connectivity index is 1.78. The van der Waals surface area contributed by atoms with Crippen LogP contribution in [0.3, 0.4) is 0 Å². The minimum absolute atomic E-state index is 0.00929. The predicted octanol–water partition coefficient (Wildman–Crippen LogP) is 4.23. The molecule has 1 aromatic carbocycles. The number of benzene rings is 1. The van der Waals surface area contributed by atoms with E-state index in [2.05, 4.69) is 31.2 Å². The number of nitrogens with one attached hydrogen (secondary N) is 1. The molecule has 0 radical (unpaired) electrons. The number of ether oxygens (including phenoxy) is 1. The second kappa shape index (κ2) is 7.26. The van der Waals surface area contributed by atoms with Gasteiger partial charge in [-0.3, -0.25) is 0 Å². The lowest BCUT2D eigenvalue weighted by Crippen LogP contribution is -2.32. The highest BCUT2D eigenvalue weighted by Crippen LogP contribution is 2.36. The van der Waals surface area contributed by atoms with Gasteiger partial charge in [0.05, 0.1) is 11.1 Å². The molecular weight excluding hydrogens is 417 g/mol. The van der Waals surface area contributed by atoms with Crippen molar-refractivity contribution in [3.63, 3.8) is 0 Å². The molecule has 3 N–H and O–H groups in total. The number of hydrogen-bond acceptors (Lipinski definition) is 5. The zero-order valence-corrected chi connectivity index (χ0v) is 15.1. The van der Waals surface area contributed by atoms with E-state index in [1.54, 1.807) is 6.07 Å². The van der Waals surface area contributed by atoms with E-state index < -0.39 is 17.8 Å². The van der Waals surface area contributed by atoms with Gasteiger partial charge in [0, 0.05) is 22.1 Å². The molecule has 0 atom stereocenters. The van der Waals surface area contributed by atoms with Crippen molar-refractivity contribution in [3.05, 3.63) is 28.4 Å². The number of anilines is 1. The number of halogens is 4. The van der Waals surface area contributed by atoms with Crippen LogP contribution in [0.25, 0.3) is 10.9 Å². The highest BCUT2D eigenvalue weighted by Gasteiger charge is 2.34. The molecule has 0 aliphatic heterocycles. The molecular formula is C16H16BrF3N4O2. The van der Waals surface area contributed by atoms with E-state index in [1.165, 1.54) is 6.20 Å². The molecule has 1 heterocycles. The Labute approximate surface area is 155 Å². The lowest BCUT2D eigenvalue weighted by atomic mass is 9.93. The quantitative estimate of drug-likeness (QED) is 0.757. The van der Waals surface area contributed by atoms with Crippen molar-refractivity contribution in [2.45, 2.75) is 44.0 Å². The summed E-state index contributed by atoms with van der Waals surface area (Å²) in [5.74, 6) is 0.143. The summed E-state index contributed by atoms with van der Waals surface area (Å²) in [5.41, 5.74) is 4.04. The van der Waals surface area contributed by atoms with Crippen LogP contribution in [0.15, 0.2) is 22.8 Å². The monoisotopic (exact) mass is 432 g/mol. The third kappa shape index (κ3) is 4.35. The number of primary amides is 1. The number of carbonyl (C=O) groups is 1. The van der Waals surface area contributed by atoms with Crippen molar-refractivity contribution in [3.8, 4) is 0 Å². The molecule has 1 amide bonds. The number of fused-ring (bicyclic) bond motifs is 1. The minimum Gasteiger partial charge on any atom is -0.446 e. The molecule has 3 rings (SSSR count). The molecule has 0 saturated heterocycles. The topological polar surface area (TPSA) is 90.1 Å². The Morgan fingerprint density at radius 1 is 1.27 bits per heavy atom. The van der Waals surface area contributed by atoms with Crippen LogP contribution in [0.4, 0.5) is 23.9 Å². The van der Waals surface area contributed by atoms with Crippen LogP contribution >= 0.6 is 15.9 Å². The fourth-order valence-corrected chi connectivity index (χ4v) is 3.54. The summed E-state index contributed by atoms with van der Waals surface area (Å²) in [6, 6.07) is 2.54. The first-order valence-electron chi connectivity index (χ1n) is 7.98. The fourth-order valence-electron chi connectivity index (χ4n) is 3.07. The Hall–Kier alpha value is -2.10. The van der Waals surface area contributed by atoms with Gasteiger partial charge in [0.1, 0.15) is 6.10 Å². The molecule has 1 aliphatic carbocycles. The normalized spacial score (nSPS) is 20.8. The number of nitrogens with zero attached hydrogens (tertiary/aromatic N) is 2. The molecule has 26 heavy (non-hydrogen) atoms. The number of hydrogen-bond donors (Lipinski definition) is 2. The number of alkyl halides is 3. The zero-order valence-electron chi connectivity index (χ0n) is 13.5. The molecule has 1 fully saturated rings. The maximum Gasteiger partial charge on any atom is 0.418 e. The van der Waals surface area contributed by atoms with Gasteiger partial charge in [-0.25, -0.2) is 14.8 Å². The summed E-state index contributed by atoms with van der Waals surface area (Å²) in [7, 11) is 0. The lowest BCUT2D eigenvalue weighted by Gasteiger charge is -2.28. The van der Waals surface area contributed by atoms with Crippen molar-refractivity contribution >= 4 is 38.9 Å². The molecule has 0 unspecified atom stereocenters. The molecule has 1 saturated carbocycles. The second-order valence-corrected chi connectivity index (χ2v) is 7.05. The van der Waals surface area contributed by atoms with E-state index in [-0.39, 0.29) is 23.6 Å². The molecule has 0 spiro atoms. The Kier molecular flexibility index (Phi) is 5.22. The van der Waals surface area contributed by atoms with E-state index in [0.717, 1.165) is 6.07 Å². The molecule has 140 valence electrons. The number of rotatable bonds is 3. The van der Waals surface area contributed by atoms with Crippen LogP contribution in [0.1, 0.15) is 31.2 Å². The summed E-state index contributed by atoms with van der Waals surface area (Å²) in [6.45, 7) is 0. The molecule has 10 heteroatoms. The number of amides is 1. The fraction of sp³-hybridized carbons (Fsp3) is 0.438. The maximum absolute atomic E-state index is 13.3. The van der Waals surface area contributed by atoms with Crippen molar-refractivity contribution in [2.75, 3.05) is 5.32 Å². The van der Waals surface area contributed by atoms with Crippen molar-refractivity contribution in [2.24, 2.45) is 5.73 Å². The standard InChI is InChI=1S/C16H16BrF3N4O2/c17-9-5-8-7-22-15(24-13(8)12(6-9)16(18,19)20)23-10-1-3-11(4-2-10)26-14(21)25/h5-7,10-11H,1-4H2,(H2,21,25)(H,22,23,24)/t10-,11-.